The average Bonchev–Trinajstić information content (AvgIpc) is 2.97. The number of benzene rings is 2. The summed E-state index contributed by atoms with van der Waals surface area (Å²) in [4.78, 5) is 12.3. The normalized spacial score (nSPS) is 11.3. The maximum atomic E-state index is 9.78. The van der Waals surface area contributed by atoms with E-state index in [1.807, 2.05) is 30.3 Å². The van der Waals surface area contributed by atoms with E-state index in [2.05, 4.69) is 27.1 Å². The Kier molecular flexibility index (Phi) is 3.20. The number of rotatable bonds is 3. The van der Waals surface area contributed by atoms with Gasteiger partial charge in [0.25, 0.3) is 0 Å². The minimum atomic E-state index is 0.199. The van der Waals surface area contributed by atoms with Crippen LogP contribution in [-0.2, 0) is 5.75 Å². The Morgan fingerprint density at radius 3 is 2.77 bits per heavy atom. The van der Waals surface area contributed by atoms with E-state index >= 15 is 0 Å². The van der Waals surface area contributed by atoms with Crippen molar-refractivity contribution in [3.05, 3.63) is 60.3 Å². The zero-order valence-electron chi connectivity index (χ0n) is 11.7. The summed E-state index contributed by atoms with van der Waals surface area (Å²) in [5.41, 5.74) is 3.46. The number of thioether (sulfide) groups is 1. The molecule has 108 valence electrons. The van der Waals surface area contributed by atoms with Gasteiger partial charge in [0.1, 0.15) is 11.3 Å². The van der Waals surface area contributed by atoms with Gasteiger partial charge in [-0.1, -0.05) is 42.1 Å². The highest BCUT2D eigenvalue weighted by molar-refractivity contribution is 7.98. The highest BCUT2D eigenvalue weighted by Gasteiger charge is 2.07. The summed E-state index contributed by atoms with van der Waals surface area (Å²) in [7, 11) is 0. The van der Waals surface area contributed by atoms with Gasteiger partial charge in [-0.05, 0) is 24.3 Å². The number of aromatic nitrogens is 3. The summed E-state index contributed by atoms with van der Waals surface area (Å²) in [5.74, 6) is 0.926. The second-order valence-corrected chi connectivity index (χ2v) is 5.96. The molecule has 0 amide bonds. The summed E-state index contributed by atoms with van der Waals surface area (Å²) in [6.07, 6.45) is 0. The van der Waals surface area contributed by atoms with E-state index in [1.165, 1.54) is 0 Å². The molecular formula is C17H13N3OS. The third kappa shape index (κ3) is 2.40. The molecule has 0 atom stereocenters. The summed E-state index contributed by atoms with van der Waals surface area (Å²) in [6, 6.07) is 17.5. The predicted molar refractivity (Wildman–Crippen MR) is 89.1 cm³/mol. The lowest BCUT2D eigenvalue weighted by atomic mass is 10.2. The number of hydrogen-bond donors (Lipinski definition) is 2. The number of phenolic OH excluding ortho intramolecular Hbond substituents is 1. The van der Waals surface area contributed by atoms with Crippen LogP contribution in [0.2, 0.25) is 0 Å². The van der Waals surface area contributed by atoms with Crippen LogP contribution >= 0.6 is 11.8 Å². The standard InChI is InChI=1S/C17H13N3OS/c21-15-7-3-6-14-16(15)20-17(19-14)22-10-12-9-8-11-4-1-2-5-13(11)18-12/h1-9,21H,10H2,(H,19,20). The quantitative estimate of drug-likeness (QED) is 0.559. The number of hydrogen-bond acceptors (Lipinski definition) is 4. The van der Waals surface area contributed by atoms with Crippen molar-refractivity contribution in [1.29, 1.82) is 0 Å². The summed E-state index contributed by atoms with van der Waals surface area (Å²) < 4.78 is 0. The van der Waals surface area contributed by atoms with Gasteiger partial charge < -0.3 is 10.1 Å². The van der Waals surface area contributed by atoms with Gasteiger partial charge in [0.05, 0.1) is 16.7 Å². The third-order valence-electron chi connectivity index (χ3n) is 3.48. The second kappa shape index (κ2) is 5.35. The Balaban J connectivity index is 1.58. The Bertz CT molecular complexity index is 964. The highest BCUT2D eigenvalue weighted by atomic mass is 32.2. The fourth-order valence-corrected chi connectivity index (χ4v) is 3.18. The molecule has 4 aromatic rings. The number of pyridine rings is 1. The zero-order valence-corrected chi connectivity index (χ0v) is 12.5. The molecule has 0 spiro atoms. The molecule has 0 fully saturated rings. The van der Waals surface area contributed by atoms with Gasteiger partial charge in [-0.25, -0.2) is 4.98 Å². The van der Waals surface area contributed by atoms with Crippen LogP contribution < -0.4 is 0 Å². The maximum Gasteiger partial charge on any atom is 0.166 e. The summed E-state index contributed by atoms with van der Waals surface area (Å²) in [5, 5.41) is 11.7. The van der Waals surface area contributed by atoms with Gasteiger partial charge in [0.15, 0.2) is 5.16 Å². The van der Waals surface area contributed by atoms with Gasteiger partial charge in [0.2, 0.25) is 0 Å². The number of fused-ring (bicyclic) bond motifs is 2. The van der Waals surface area contributed by atoms with E-state index < -0.39 is 0 Å². The first-order valence-electron chi connectivity index (χ1n) is 6.95. The number of phenols is 1. The average molecular weight is 307 g/mol. The minimum Gasteiger partial charge on any atom is -0.506 e. The molecule has 2 aromatic heterocycles. The number of nitrogens with zero attached hydrogens (tertiary/aromatic N) is 2. The van der Waals surface area contributed by atoms with Crippen LogP contribution in [0, 0.1) is 0 Å². The first-order chi connectivity index (χ1) is 10.8. The SMILES string of the molecule is Oc1cccc2[nH]c(SCc3ccc4ccccc4n3)nc12. The number of nitrogens with one attached hydrogen (secondary N) is 1. The Morgan fingerprint density at radius 2 is 1.86 bits per heavy atom. The van der Waals surface area contributed by atoms with Crippen molar-refractivity contribution in [3.8, 4) is 5.75 Å². The molecule has 0 aliphatic carbocycles. The number of aromatic amines is 1. The molecule has 0 saturated heterocycles. The van der Waals surface area contributed by atoms with Crippen molar-refractivity contribution in [2.45, 2.75) is 10.9 Å². The van der Waals surface area contributed by atoms with Gasteiger partial charge in [-0.3, -0.25) is 4.98 Å². The first-order valence-corrected chi connectivity index (χ1v) is 7.93. The van der Waals surface area contributed by atoms with E-state index in [4.69, 9.17) is 0 Å². The van der Waals surface area contributed by atoms with Gasteiger partial charge in [-0.2, -0.15) is 0 Å². The molecule has 0 aliphatic heterocycles. The Labute approximate surface area is 131 Å². The first kappa shape index (κ1) is 13.2. The van der Waals surface area contributed by atoms with Crippen LogP contribution in [0.25, 0.3) is 21.9 Å². The number of para-hydroxylation sites is 2. The molecule has 5 heteroatoms. The molecule has 0 unspecified atom stereocenters. The number of imidazole rings is 1. The van der Waals surface area contributed by atoms with E-state index in [0.29, 0.717) is 5.52 Å². The van der Waals surface area contributed by atoms with Crippen molar-refractivity contribution in [2.75, 3.05) is 0 Å². The van der Waals surface area contributed by atoms with Crippen LogP contribution in [0.5, 0.6) is 5.75 Å². The maximum absolute atomic E-state index is 9.78. The molecule has 0 bridgehead atoms. The second-order valence-electron chi connectivity index (χ2n) is 5.00. The van der Waals surface area contributed by atoms with Crippen molar-refractivity contribution < 1.29 is 5.11 Å². The van der Waals surface area contributed by atoms with E-state index in [-0.39, 0.29) is 5.75 Å². The topological polar surface area (TPSA) is 61.8 Å². The largest absolute Gasteiger partial charge is 0.506 e. The zero-order chi connectivity index (χ0) is 14.9. The molecule has 22 heavy (non-hydrogen) atoms. The van der Waals surface area contributed by atoms with Crippen LogP contribution in [0.15, 0.2) is 59.8 Å². The molecular weight excluding hydrogens is 294 g/mol. The Hall–Kier alpha value is -2.53. The number of H-pyrrole nitrogens is 1. The van der Waals surface area contributed by atoms with Crippen LogP contribution in [0.1, 0.15) is 5.69 Å². The molecule has 0 aliphatic rings. The molecule has 2 aromatic carbocycles. The van der Waals surface area contributed by atoms with Gasteiger partial charge >= 0.3 is 0 Å². The fraction of sp³-hybridized carbons (Fsp3) is 0.0588. The molecule has 2 heterocycles. The fourth-order valence-electron chi connectivity index (χ4n) is 2.39. The molecule has 4 rings (SSSR count). The minimum absolute atomic E-state index is 0.199. The molecule has 0 radical (unpaired) electrons. The monoisotopic (exact) mass is 307 g/mol. The van der Waals surface area contributed by atoms with Crippen molar-refractivity contribution in [3.63, 3.8) is 0 Å². The molecule has 4 nitrogen and oxygen atoms in total. The van der Waals surface area contributed by atoms with Gasteiger partial charge in [0, 0.05) is 11.1 Å². The smallest absolute Gasteiger partial charge is 0.166 e. The molecule has 0 saturated carbocycles. The highest BCUT2D eigenvalue weighted by Crippen LogP contribution is 2.27. The van der Waals surface area contributed by atoms with E-state index in [9.17, 15) is 5.11 Å². The van der Waals surface area contributed by atoms with Crippen LogP contribution in [0.3, 0.4) is 0 Å². The summed E-state index contributed by atoms with van der Waals surface area (Å²) in [6.45, 7) is 0. The van der Waals surface area contributed by atoms with E-state index in [0.717, 1.165) is 33.0 Å². The third-order valence-corrected chi connectivity index (χ3v) is 4.39. The number of aromatic hydroxyl groups is 1. The van der Waals surface area contributed by atoms with Crippen molar-refractivity contribution in [2.24, 2.45) is 0 Å². The lowest BCUT2D eigenvalue weighted by Crippen LogP contribution is -1.88. The van der Waals surface area contributed by atoms with Crippen molar-refractivity contribution in [1.82, 2.24) is 15.0 Å². The lowest BCUT2D eigenvalue weighted by molar-refractivity contribution is 0.480. The summed E-state index contributed by atoms with van der Waals surface area (Å²) >= 11 is 1.58. The predicted octanol–water partition coefficient (Wildman–Crippen LogP) is 4.11. The lowest BCUT2D eigenvalue weighted by Gasteiger charge is -2.01. The van der Waals surface area contributed by atoms with E-state index in [1.54, 1.807) is 23.9 Å². The van der Waals surface area contributed by atoms with Crippen LogP contribution in [-0.4, -0.2) is 20.1 Å². The Morgan fingerprint density at radius 1 is 0.955 bits per heavy atom. The van der Waals surface area contributed by atoms with Crippen molar-refractivity contribution >= 4 is 33.7 Å². The van der Waals surface area contributed by atoms with Crippen LogP contribution in [0.4, 0.5) is 0 Å². The molecule has 2 N–H and O–H groups in total. The van der Waals surface area contributed by atoms with Gasteiger partial charge in [-0.15, -0.1) is 0 Å².